The second-order valence-corrected chi connectivity index (χ2v) is 26.5. The molecule has 4 N–H and O–H groups in total. The maximum atomic E-state index is 13.0. The largest absolute Gasteiger partial charge is 0.472 e. The van der Waals surface area contributed by atoms with E-state index in [0.717, 1.165) is 180 Å². The van der Waals surface area contributed by atoms with Crippen LogP contribution in [-0.4, -0.2) is 95.9 Å². The molecule has 0 rings (SSSR count). The van der Waals surface area contributed by atoms with Crippen molar-refractivity contribution in [3.63, 3.8) is 0 Å². The van der Waals surface area contributed by atoms with Crippen LogP contribution in [0.3, 0.4) is 0 Å². The van der Waals surface area contributed by atoms with Gasteiger partial charge in [0.15, 0.2) is 6.10 Å². The third-order valence-corrected chi connectivity index (χ3v) is 16.2. The summed E-state index contributed by atoms with van der Waals surface area (Å²) >= 11 is 0. The molecule has 0 aromatic heterocycles. The predicted molar refractivity (Wildman–Crippen MR) is 408 cm³/mol. The van der Waals surface area contributed by atoms with E-state index in [-0.39, 0.29) is 19.3 Å². The smallest absolute Gasteiger partial charge is 0.463 e. The van der Waals surface area contributed by atoms with Crippen molar-refractivity contribution in [3.05, 3.63) is 194 Å². The van der Waals surface area contributed by atoms with Crippen molar-refractivity contribution in [1.82, 2.24) is 0 Å². The lowest BCUT2D eigenvalue weighted by Gasteiger charge is -2.21. The van der Waals surface area contributed by atoms with Gasteiger partial charge in [-0.25, -0.2) is 9.13 Å². The van der Waals surface area contributed by atoms with E-state index in [1.54, 1.807) is 0 Å². The average Bonchev–Trinajstić information content (AvgIpc) is 2.30. The fourth-order valence-electron chi connectivity index (χ4n) is 8.80. The second-order valence-electron chi connectivity index (χ2n) is 23.6. The van der Waals surface area contributed by atoms with Crippen LogP contribution in [0.25, 0.3) is 0 Å². The molecule has 0 heterocycles. The van der Waals surface area contributed by atoms with Gasteiger partial charge in [-0.1, -0.05) is 254 Å². The molecule has 0 aliphatic carbocycles. The summed E-state index contributed by atoms with van der Waals surface area (Å²) in [7, 11) is -9.83. The molecule has 99 heavy (non-hydrogen) atoms. The van der Waals surface area contributed by atoms with E-state index in [1.165, 1.54) is 0 Å². The molecule has 5 unspecified atom stereocenters. The zero-order valence-corrected chi connectivity index (χ0v) is 62.4. The Bertz CT molecular complexity index is 2580. The molecule has 0 saturated heterocycles. The quantitative estimate of drug-likeness (QED) is 0.0146. The molecule has 0 spiro atoms. The van der Waals surface area contributed by atoms with E-state index >= 15 is 0 Å². The van der Waals surface area contributed by atoms with Crippen LogP contribution in [0.1, 0.15) is 239 Å². The molecule has 16 nitrogen and oxygen atoms in total. The topological polar surface area (TPSA) is 231 Å². The van der Waals surface area contributed by atoms with E-state index in [9.17, 15) is 43.5 Å². The number of ether oxygens (including phenoxy) is 3. The van der Waals surface area contributed by atoms with Gasteiger partial charge in [0, 0.05) is 19.3 Å². The standard InChI is InChI=1S/C81H128O16P2/c1-4-7-10-13-16-19-22-25-28-31-34-36-37-39-42-43-46-49-52-55-58-61-64-67-79(84)91-70-76(82)71-93-98(87,88)94-72-77(83)73-95-99(89,90)96-75-78(97-81(86)69-66-63-60-57-54-51-48-45-40-33-30-27-24-21-18-15-12-9-6-3)74-92-80(85)68-65-62-59-56-53-50-47-44-41-38-35-32-29-26-23-20-17-14-11-8-5-2/h7-12,16-21,25-30,34-36,38-40,42,44-47,49,51,54,76-78,82-83H,4-6,13-15,22-24,31-33,37,41,43,48,50,52-53,55-75H2,1-3H3,(H,87,88)(H,89,90)/b10-7-,11-8-,12-9-,19-16-,20-17-,21-18-,28-25-,29-26-,30-27-,36-34-,38-35-,42-39-,45-40-,47-44-,49-46-,54-51-. The molecular weight excluding hydrogens is 1290 g/mol. The molecule has 0 aromatic carbocycles. The molecule has 0 saturated carbocycles. The number of rotatable bonds is 67. The highest BCUT2D eigenvalue weighted by molar-refractivity contribution is 7.47. The highest BCUT2D eigenvalue weighted by Crippen LogP contribution is 2.45. The Kier molecular flexibility index (Phi) is 68.1. The van der Waals surface area contributed by atoms with E-state index in [1.807, 2.05) is 0 Å². The van der Waals surface area contributed by atoms with Crippen molar-refractivity contribution < 1.29 is 75.8 Å². The predicted octanol–water partition coefficient (Wildman–Crippen LogP) is 21.2. The number of unbranched alkanes of at least 4 members (excludes halogenated alkanes) is 12. The molecule has 558 valence electrons. The number of hydrogen-bond donors (Lipinski definition) is 4. The van der Waals surface area contributed by atoms with Crippen molar-refractivity contribution in [2.75, 3.05) is 39.6 Å². The second kappa shape index (κ2) is 72.2. The van der Waals surface area contributed by atoms with Crippen LogP contribution >= 0.6 is 15.6 Å². The fraction of sp³-hybridized carbons (Fsp3) is 0.568. The molecule has 0 amide bonds. The van der Waals surface area contributed by atoms with Gasteiger partial charge in [0.25, 0.3) is 0 Å². The number of hydrogen-bond acceptors (Lipinski definition) is 14. The van der Waals surface area contributed by atoms with Crippen molar-refractivity contribution >= 4 is 33.6 Å². The Morgan fingerprint density at radius 2 is 0.505 bits per heavy atom. The lowest BCUT2D eigenvalue weighted by molar-refractivity contribution is -0.161. The SMILES string of the molecule is CC/C=C\C/C=C\C/C=C\C/C=C\C/C=C\C/C=C\CCCCCCC(=O)OCC(O)COP(=O)(O)OCC(O)COP(=O)(O)OCC(COC(=O)CCCCCCC/C=C\C/C=C\C/C=C\C/C=C\C/C=C\CC)OC(=O)CCCCC/C=C\C/C=C\C/C=C\C/C=C\C/C=C\CC. The van der Waals surface area contributed by atoms with Gasteiger partial charge >= 0.3 is 33.6 Å². The number of carbonyl (C=O) groups is 3. The van der Waals surface area contributed by atoms with E-state index in [2.05, 4.69) is 215 Å². The molecule has 0 aliphatic rings. The summed E-state index contributed by atoms with van der Waals surface area (Å²) < 4.78 is 61.0. The first kappa shape index (κ1) is 93.4. The summed E-state index contributed by atoms with van der Waals surface area (Å²) in [6.45, 7) is 2.20. The maximum absolute atomic E-state index is 13.0. The summed E-state index contributed by atoms with van der Waals surface area (Å²) in [6.07, 6.45) is 93.2. The minimum absolute atomic E-state index is 0.0512. The zero-order chi connectivity index (χ0) is 72.3. The normalized spacial score (nSPS) is 15.2. The fourth-order valence-corrected chi connectivity index (χ4v) is 10.4. The number of aliphatic hydroxyl groups excluding tert-OH is 2. The van der Waals surface area contributed by atoms with Crippen LogP contribution < -0.4 is 0 Å². The molecule has 0 radical (unpaired) electrons. The number of phosphoric ester groups is 2. The molecule has 18 heteroatoms. The van der Waals surface area contributed by atoms with E-state index in [4.69, 9.17) is 32.3 Å². The van der Waals surface area contributed by atoms with Gasteiger partial charge in [0.2, 0.25) is 0 Å². The van der Waals surface area contributed by atoms with Crippen molar-refractivity contribution in [3.8, 4) is 0 Å². The number of phosphoric acid groups is 2. The maximum Gasteiger partial charge on any atom is 0.472 e. The monoisotopic (exact) mass is 1420 g/mol. The Labute approximate surface area is 597 Å². The van der Waals surface area contributed by atoms with Crippen LogP contribution in [-0.2, 0) is 55.8 Å². The van der Waals surface area contributed by atoms with Gasteiger partial charge in [-0.05, 0) is 161 Å². The highest BCUT2D eigenvalue weighted by atomic mass is 31.2. The van der Waals surface area contributed by atoms with Gasteiger partial charge in [-0.3, -0.25) is 32.5 Å². The van der Waals surface area contributed by atoms with Gasteiger partial charge in [-0.2, -0.15) is 0 Å². The summed E-state index contributed by atoms with van der Waals surface area (Å²) in [5.41, 5.74) is 0. The highest BCUT2D eigenvalue weighted by Gasteiger charge is 2.29. The molecular formula is C81H128O16P2. The Balaban J connectivity index is 4.80. The van der Waals surface area contributed by atoms with Gasteiger partial charge in [-0.15, -0.1) is 0 Å². The summed E-state index contributed by atoms with van der Waals surface area (Å²) in [5.74, 6) is -1.68. The van der Waals surface area contributed by atoms with Crippen LogP contribution in [0.2, 0.25) is 0 Å². The van der Waals surface area contributed by atoms with Crippen LogP contribution in [0.5, 0.6) is 0 Å². The van der Waals surface area contributed by atoms with Gasteiger partial charge in [0.05, 0.1) is 26.4 Å². The van der Waals surface area contributed by atoms with Crippen molar-refractivity contribution in [2.45, 2.75) is 257 Å². The minimum Gasteiger partial charge on any atom is -0.463 e. The van der Waals surface area contributed by atoms with Crippen molar-refractivity contribution in [1.29, 1.82) is 0 Å². The summed E-state index contributed by atoms with van der Waals surface area (Å²) in [4.78, 5) is 58.6. The van der Waals surface area contributed by atoms with Gasteiger partial charge in [0.1, 0.15) is 25.4 Å². The number of allylic oxidation sites excluding steroid dienone is 32. The molecule has 0 aliphatic heterocycles. The molecule has 0 aromatic rings. The zero-order valence-electron chi connectivity index (χ0n) is 60.6. The van der Waals surface area contributed by atoms with Gasteiger partial charge < -0.3 is 34.2 Å². The van der Waals surface area contributed by atoms with Crippen LogP contribution in [0, 0.1) is 0 Å². The van der Waals surface area contributed by atoms with E-state index in [0.29, 0.717) is 19.3 Å². The first-order valence-corrected chi connectivity index (χ1v) is 39.7. The Hall–Kier alpha value is -5.61. The summed E-state index contributed by atoms with van der Waals surface area (Å²) in [6, 6.07) is 0. The number of aliphatic hydroxyl groups is 2. The molecule has 5 atom stereocenters. The Morgan fingerprint density at radius 3 is 0.808 bits per heavy atom. The average molecular weight is 1420 g/mol. The first-order chi connectivity index (χ1) is 48.2. The molecule has 0 bridgehead atoms. The third kappa shape index (κ3) is 73.4. The minimum atomic E-state index is -4.96. The third-order valence-electron chi connectivity index (χ3n) is 14.3. The molecule has 0 fully saturated rings. The lowest BCUT2D eigenvalue weighted by Crippen LogP contribution is -2.30. The summed E-state index contributed by atoms with van der Waals surface area (Å²) in [5, 5.41) is 20.6. The van der Waals surface area contributed by atoms with Crippen LogP contribution in [0.15, 0.2) is 194 Å². The number of esters is 3. The van der Waals surface area contributed by atoms with Crippen LogP contribution in [0.4, 0.5) is 0 Å². The number of carbonyl (C=O) groups excluding carboxylic acids is 3. The Morgan fingerprint density at radius 1 is 0.283 bits per heavy atom. The van der Waals surface area contributed by atoms with Crippen molar-refractivity contribution in [2.24, 2.45) is 0 Å². The van der Waals surface area contributed by atoms with E-state index < -0.39 is 91.5 Å². The lowest BCUT2D eigenvalue weighted by atomic mass is 10.1. The first-order valence-electron chi connectivity index (χ1n) is 36.7.